The summed E-state index contributed by atoms with van der Waals surface area (Å²) < 4.78 is 0. The molecule has 2 rings (SSSR count). The van der Waals surface area contributed by atoms with Crippen molar-refractivity contribution in [1.29, 1.82) is 0 Å². The molecule has 0 fully saturated rings. The van der Waals surface area contributed by atoms with Gasteiger partial charge in [-0.15, -0.1) is 0 Å². The molecule has 0 aromatic heterocycles. The van der Waals surface area contributed by atoms with Gasteiger partial charge in [-0.3, -0.25) is 0 Å². The van der Waals surface area contributed by atoms with Crippen LogP contribution < -0.4 is 0 Å². The summed E-state index contributed by atoms with van der Waals surface area (Å²) in [5.41, 5.74) is 2.97. The van der Waals surface area contributed by atoms with Crippen LogP contribution in [0.4, 0.5) is 0 Å². The highest BCUT2D eigenvalue weighted by molar-refractivity contribution is 5.40. The fraction of sp³-hybridized carbons (Fsp3) is 0.333. The van der Waals surface area contributed by atoms with Crippen LogP contribution in [0, 0.1) is 0 Å². The molecule has 0 amide bonds. The summed E-state index contributed by atoms with van der Waals surface area (Å²) in [6.45, 7) is 4.53. The van der Waals surface area contributed by atoms with Gasteiger partial charge in [-0.2, -0.15) is 0 Å². The second kappa shape index (κ2) is 5.86. The monoisotopic (exact) mass is 238 g/mol. The maximum atomic E-state index is 2.32. The molecule has 1 aliphatic carbocycles. The van der Waals surface area contributed by atoms with Crippen LogP contribution in [0.25, 0.3) is 0 Å². The highest BCUT2D eigenvalue weighted by atomic mass is 14.3. The Bertz CT molecular complexity index is 462. The second-order valence-electron chi connectivity index (χ2n) is 5.25. The minimum Gasteiger partial charge on any atom is -0.0843 e. The smallest absolute Gasteiger partial charge is 0.0147 e. The summed E-state index contributed by atoms with van der Waals surface area (Å²) in [5.74, 6) is 0. The SMILES string of the molecule is CCCC=CC1=CC=CC(C)(c2ccccc2)C1. The maximum absolute atomic E-state index is 2.32. The summed E-state index contributed by atoms with van der Waals surface area (Å²) in [7, 11) is 0. The zero-order valence-electron chi connectivity index (χ0n) is 11.4. The fourth-order valence-electron chi connectivity index (χ4n) is 2.46. The van der Waals surface area contributed by atoms with Gasteiger partial charge in [-0.25, -0.2) is 0 Å². The molecule has 0 nitrogen and oxygen atoms in total. The normalized spacial score (nSPS) is 23.3. The lowest BCUT2D eigenvalue weighted by atomic mass is 9.74. The lowest BCUT2D eigenvalue weighted by molar-refractivity contribution is 0.587. The van der Waals surface area contributed by atoms with Crippen LogP contribution in [-0.4, -0.2) is 0 Å². The summed E-state index contributed by atoms with van der Waals surface area (Å²) in [4.78, 5) is 0. The molecule has 94 valence electrons. The van der Waals surface area contributed by atoms with Gasteiger partial charge in [0.25, 0.3) is 0 Å². The highest BCUT2D eigenvalue weighted by Gasteiger charge is 2.25. The van der Waals surface area contributed by atoms with Gasteiger partial charge in [0.2, 0.25) is 0 Å². The summed E-state index contributed by atoms with van der Waals surface area (Å²) in [6, 6.07) is 10.8. The Kier molecular flexibility index (Phi) is 4.19. The molecule has 1 unspecified atom stereocenters. The predicted molar refractivity (Wildman–Crippen MR) is 79.7 cm³/mol. The molecule has 0 heterocycles. The second-order valence-corrected chi connectivity index (χ2v) is 5.25. The van der Waals surface area contributed by atoms with Crippen molar-refractivity contribution >= 4 is 0 Å². The number of allylic oxidation sites excluding steroid dienone is 6. The van der Waals surface area contributed by atoms with Crippen LogP contribution >= 0.6 is 0 Å². The van der Waals surface area contributed by atoms with Crippen LogP contribution in [0.5, 0.6) is 0 Å². The van der Waals surface area contributed by atoms with Crippen molar-refractivity contribution in [2.45, 2.75) is 38.5 Å². The minimum atomic E-state index is 0.141. The van der Waals surface area contributed by atoms with E-state index in [0.29, 0.717) is 0 Å². The molecule has 0 N–H and O–H groups in total. The van der Waals surface area contributed by atoms with Crippen LogP contribution in [0.1, 0.15) is 38.7 Å². The van der Waals surface area contributed by atoms with Gasteiger partial charge < -0.3 is 0 Å². The topological polar surface area (TPSA) is 0 Å². The van der Waals surface area contributed by atoms with E-state index in [1.165, 1.54) is 24.0 Å². The van der Waals surface area contributed by atoms with E-state index < -0.39 is 0 Å². The van der Waals surface area contributed by atoms with Gasteiger partial charge in [0.05, 0.1) is 0 Å². The number of hydrogen-bond acceptors (Lipinski definition) is 0. The average molecular weight is 238 g/mol. The quantitative estimate of drug-likeness (QED) is 0.677. The molecule has 1 aromatic carbocycles. The Morgan fingerprint density at radius 2 is 2.00 bits per heavy atom. The lowest BCUT2D eigenvalue weighted by Crippen LogP contribution is -2.21. The predicted octanol–water partition coefficient (Wildman–Crippen LogP) is 5.19. The third kappa shape index (κ3) is 3.01. The van der Waals surface area contributed by atoms with E-state index in [9.17, 15) is 0 Å². The van der Waals surface area contributed by atoms with Gasteiger partial charge in [-0.05, 0) is 24.0 Å². The van der Waals surface area contributed by atoms with Crippen molar-refractivity contribution in [1.82, 2.24) is 0 Å². The van der Waals surface area contributed by atoms with Gasteiger partial charge in [0.15, 0.2) is 0 Å². The van der Waals surface area contributed by atoms with Crippen molar-refractivity contribution in [3.8, 4) is 0 Å². The van der Waals surface area contributed by atoms with Crippen LogP contribution in [-0.2, 0) is 5.41 Å². The molecule has 1 atom stereocenters. The van der Waals surface area contributed by atoms with Crippen molar-refractivity contribution in [2.24, 2.45) is 0 Å². The maximum Gasteiger partial charge on any atom is 0.0147 e. The zero-order chi connectivity index (χ0) is 12.8. The molecular weight excluding hydrogens is 216 g/mol. The van der Waals surface area contributed by atoms with E-state index in [2.05, 4.69) is 74.6 Å². The molecule has 0 saturated heterocycles. The molecule has 0 aliphatic heterocycles. The number of benzene rings is 1. The molecule has 18 heavy (non-hydrogen) atoms. The Morgan fingerprint density at radius 3 is 2.72 bits per heavy atom. The molecule has 0 bridgehead atoms. The lowest BCUT2D eigenvalue weighted by Gasteiger charge is -2.29. The first kappa shape index (κ1) is 12.9. The number of rotatable bonds is 4. The third-order valence-electron chi connectivity index (χ3n) is 3.57. The number of unbranched alkanes of at least 4 members (excludes halogenated alkanes) is 1. The summed E-state index contributed by atoms with van der Waals surface area (Å²) in [5, 5.41) is 0. The van der Waals surface area contributed by atoms with E-state index in [4.69, 9.17) is 0 Å². The molecule has 0 heteroatoms. The largest absolute Gasteiger partial charge is 0.0843 e. The van der Waals surface area contributed by atoms with Crippen molar-refractivity contribution in [3.63, 3.8) is 0 Å². The first-order chi connectivity index (χ1) is 8.74. The zero-order valence-corrected chi connectivity index (χ0v) is 11.4. The van der Waals surface area contributed by atoms with E-state index >= 15 is 0 Å². The molecular formula is C18H22. The fourth-order valence-corrected chi connectivity index (χ4v) is 2.46. The molecule has 0 radical (unpaired) electrons. The average Bonchev–Trinajstić information content (AvgIpc) is 2.40. The molecule has 1 aromatic rings. The van der Waals surface area contributed by atoms with E-state index in [0.717, 1.165) is 6.42 Å². The Balaban J connectivity index is 2.14. The standard InChI is InChI=1S/C18H22/c1-3-4-6-10-16-11-9-14-18(2,15-16)17-12-7-5-8-13-17/h5-14H,3-4,15H2,1-2H3. The first-order valence-electron chi connectivity index (χ1n) is 6.85. The summed E-state index contributed by atoms with van der Waals surface area (Å²) in [6.07, 6.45) is 14.8. The van der Waals surface area contributed by atoms with Gasteiger partial charge in [0, 0.05) is 5.41 Å². The van der Waals surface area contributed by atoms with E-state index in [1.807, 2.05) is 0 Å². The Morgan fingerprint density at radius 1 is 1.22 bits per heavy atom. The Labute approximate surface area is 111 Å². The minimum absolute atomic E-state index is 0.141. The Hall–Kier alpha value is -1.56. The molecule has 0 spiro atoms. The highest BCUT2D eigenvalue weighted by Crippen LogP contribution is 2.35. The van der Waals surface area contributed by atoms with Crippen LogP contribution in [0.2, 0.25) is 0 Å². The molecule has 0 saturated carbocycles. The van der Waals surface area contributed by atoms with Crippen LogP contribution in [0.3, 0.4) is 0 Å². The first-order valence-corrected chi connectivity index (χ1v) is 6.85. The number of hydrogen-bond donors (Lipinski definition) is 0. The molecule has 1 aliphatic rings. The van der Waals surface area contributed by atoms with E-state index in [1.54, 1.807) is 0 Å². The van der Waals surface area contributed by atoms with Crippen molar-refractivity contribution < 1.29 is 0 Å². The van der Waals surface area contributed by atoms with Crippen molar-refractivity contribution in [3.05, 3.63) is 71.8 Å². The van der Waals surface area contributed by atoms with E-state index in [-0.39, 0.29) is 5.41 Å². The van der Waals surface area contributed by atoms with Crippen molar-refractivity contribution in [2.75, 3.05) is 0 Å². The summed E-state index contributed by atoms with van der Waals surface area (Å²) >= 11 is 0. The van der Waals surface area contributed by atoms with Gasteiger partial charge in [0.1, 0.15) is 0 Å². The third-order valence-corrected chi connectivity index (χ3v) is 3.57. The van der Waals surface area contributed by atoms with Crippen LogP contribution in [0.15, 0.2) is 66.3 Å². The van der Waals surface area contributed by atoms with Gasteiger partial charge in [-0.1, -0.05) is 81.0 Å². The van der Waals surface area contributed by atoms with Gasteiger partial charge >= 0.3 is 0 Å².